The molecular weight excluding hydrogens is 216 g/mol. The van der Waals surface area contributed by atoms with Gasteiger partial charge in [-0.05, 0) is 32.6 Å². The highest BCUT2D eigenvalue weighted by atomic mass is 16.1. The molecule has 1 N–H and O–H groups in total. The topological polar surface area (TPSA) is 54.5 Å². The summed E-state index contributed by atoms with van der Waals surface area (Å²) in [6.07, 6.45) is 3.77. The molecule has 0 atom stereocenters. The first-order valence-electron chi connectivity index (χ1n) is 5.73. The Balaban J connectivity index is 2.45. The van der Waals surface area contributed by atoms with Crippen LogP contribution in [-0.2, 0) is 12.8 Å². The van der Waals surface area contributed by atoms with E-state index in [9.17, 15) is 4.79 Å². The molecule has 0 spiro atoms. The maximum Gasteiger partial charge on any atom is 0.274 e. The summed E-state index contributed by atoms with van der Waals surface area (Å²) in [7, 11) is 0. The van der Waals surface area contributed by atoms with Crippen molar-refractivity contribution in [1.82, 2.24) is 14.6 Å². The summed E-state index contributed by atoms with van der Waals surface area (Å²) in [5.41, 5.74) is 3.28. The van der Waals surface area contributed by atoms with Crippen LogP contribution in [0.4, 0.5) is 5.69 Å². The number of nitrogens with one attached hydrogen (secondary N) is 1. The molecule has 2 aromatic rings. The van der Waals surface area contributed by atoms with E-state index >= 15 is 0 Å². The Morgan fingerprint density at radius 3 is 2.94 bits per heavy atom. The summed E-state index contributed by atoms with van der Waals surface area (Å²) < 4.78 is 1.41. The van der Waals surface area contributed by atoms with Gasteiger partial charge < -0.3 is 5.10 Å². The van der Waals surface area contributed by atoms with Crippen LogP contribution in [0, 0.1) is 13.5 Å². The SMILES string of the molecule is [C-]#[N+]c1c(C)[nH]n2c(=O)c3c(nc12)CCCC3. The fraction of sp³-hybridized carbons (Fsp3) is 0.417. The van der Waals surface area contributed by atoms with Gasteiger partial charge in [-0.1, -0.05) is 0 Å². The molecule has 0 fully saturated rings. The van der Waals surface area contributed by atoms with Gasteiger partial charge in [-0.25, -0.2) is 14.3 Å². The normalized spacial score (nSPS) is 14.6. The summed E-state index contributed by atoms with van der Waals surface area (Å²) in [4.78, 5) is 20.2. The molecule has 1 aliphatic carbocycles. The van der Waals surface area contributed by atoms with Crippen LogP contribution < -0.4 is 5.56 Å². The van der Waals surface area contributed by atoms with E-state index in [4.69, 9.17) is 6.57 Å². The predicted molar refractivity (Wildman–Crippen MR) is 63.5 cm³/mol. The predicted octanol–water partition coefficient (Wildman–Crippen LogP) is 1.76. The van der Waals surface area contributed by atoms with Crippen LogP contribution in [0.2, 0.25) is 0 Å². The Bertz CT molecular complexity index is 702. The molecule has 2 heterocycles. The van der Waals surface area contributed by atoms with Gasteiger partial charge in [0.25, 0.3) is 11.2 Å². The minimum atomic E-state index is -0.0392. The van der Waals surface area contributed by atoms with E-state index in [0.29, 0.717) is 17.0 Å². The Hall–Kier alpha value is -2.09. The zero-order valence-corrected chi connectivity index (χ0v) is 9.58. The van der Waals surface area contributed by atoms with Crippen molar-refractivity contribution in [1.29, 1.82) is 0 Å². The second-order valence-corrected chi connectivity index (χ2v) is 4.41. The quantitative estimate of drug-likeness (QED) is 0.698. The van der Waals surface area contributed by atoms with Crippen molar-refractivity contribution in [3.8, 4) is 0 Å². The Kier molecular flexibility index (Phi) is 2.05. The van der Waals surface area contributed by atoms with Crippen LogP contribution in [0.5, 0.6) is 0 Å². The van der Waals surface area contributed by atoms with E-state index in [1.165, 1.54) is 4.52 Å². The van der Waals surface area contributed by atoms with Crippen molar-refractivity contribution in [3.63, 3.8) is 0 Å². The van der Waals surface area contributed by atoms with Crippen molar-refractivity contribution in [2.75, 3.05) is 0 Å². The number of rotatable bonds is 0. The first-order chi connectivity index (χ1) is 8.22. The summed E-state index contributed by atoms with van der Waals surface area (Å²) >= 11 is 0. The molecule has 0 radical (unpaired) electrons. The number of aryl methyl sites for hydroxylation is 2. The van der Waals surface area contributed by atoms with Crippen molar-refractivity contribution >= 4 is 11.3 Å². The zero-order valence-electron chi connectivity index (χ0n) is 9.58. The van der Waals surface area contributed by atoms with Gasteiger partial charge in [-0.15, -0.1) is 0 Å². The molecule has 1 aliphatic rings. The van der Waals surface area contributed by atoms with Gasteiger partial charge in [0.1, 0.15) is 0 Å². The number of aromatic nitrogens is 3. The largest absolute Gasteiger partial charge is 0.306 e. The van der Waals surface area contributed by atoms with Crippen molar-refractivity contribution in [2.24, 2.45) is 0 Å². The number of hydrogen-bond acceptors (Lipinski definition) is 2. The smallest absolute Gasteiger partial charge is 0.274 e. The highest BCUT2D eigenvalue weighted by Gasteiger charge is 2.19. The molecule has 0 saturated heterocycles. The molecule has 0 aromatic carbocycles. The van der Waals surface area contributed by atoms with E-state index in [-0.39, 0.29) is 5.56 Å². The lowest BCUT2D eigenvalue weighted by molar-refractivity contribution is 0.651. The maximum absolute atomic E-state index is 12.2. The van der Waals surface area contributed by atoms with Crippen LogP contribution in [0.15, 0.2) is 4.79 Å². The fourth-order valence-corrected chi connectivity index (χ4v) is 2.44. The number of aromatic amines is 1. The van der Waals surface area contributed by atoms with E-state index in [1.807, 2.05) is 0 Å². The van der Waals surface area contributed by atoms with E-state index < -0.39 is 0 Å². The minimum Gasteiger partial charge on any atom is -0.306 e. The monoisotopic (exact) mass is 228 g/mol. The Morgan fingerprint density at radius 2 is 2.18 bits per heavy atom. The van der Waals surface area contributed by atoms with Gasteiger partial charge in [0.05, 0.1) is 12.3 Å². The standard InChI is InChI=1S/C12H12N4O/c1-7-10(13-2)11-14-9-6-4-3-5-8(9)12(17)16(11)15-7/h15H,3-6H2,1H3. The molecule has 5 heteroatoms. The Labute approximate surface area is 97.9 Å². The summed E-state index contributed by atoms with van der Waals surface area (Å²) in [5, 5.41) is 2.92. The molecule has 0 amide bonds. The number of nitrogens with zero attached hydrogens (tertiary/aromatic N) is 3. The average Bonchev–Trinajstić information content (AvgIpc) is 2.66. The lowest BCUT2D eigenvalue weighted by atomic mass is 9.97. The second kappa shape index (κ2) is 3.45. The van der Waals surface area contributed by atoms with Crippen molar-refractivity contribution in [3.05, 3.63) is 38.7 Å². The summed E-state index contributed by atoms with van der Waals surface area (Å²) in [6.45, 7) is 8.94. The molecule has 3 rings (SSSR count). The summed E-state index contributed by atoms with van der Waals surface area (Å²) in [6, 6.07) is 0. The molecule has 0 aliphatic heterocycles. The highest BCUT2D eigenvalue weighted by Crippen LogP contribution is 2.24. The average molecular weight is 228 g/mol. The third-order valence-electron chi connectivity index (χ3n) is 3.31. The maximum atomic E-state index is 12.2. The molecule has 5 nitrogen and oxygen atoms in total. The first kappa shape index (κ1) is 10.1. The molecular formula is C12H12N4O. The lowest BCUT2D eigenvalue weighted by Gasteiger charge is -2.13. The van der Waals surface area contributed by atoms with Gasteiger partial charge in [-0.2, -0.15) is 0 Å². The second-order valence-electron chi connectivity index (χ2n) is 4.41. The lowest BCUT2D eigenvalue weighted by Crippen LogP contribution is -2.24. The summed E-state index contributed by atoms with van der Waals surface area (Å²) in [5.74, 6) is 0. The van der Waals surface area contributed by atoms with Gasteiger partial charge in [0, 0.05) is 11.3 Å². The van der Waals surface area contributed by atoms with Crippen LogP contribution in [-0.4, -0.2) is 14.6 Å². The molecule has 86 valence electrons. The zero-order chi connectivity index (χ0) is 12.0. The molecule has 17 heavy (non-hydrogen) atoms. The van der Waals surface area contributed by atoms with Crippen LogP contribution in [0.3, 0.4) is 0 Å². The van der Waals surface area contributed by atoms with E-state index in [1.54, 1.807) is 6.92 Å². The van der Waals surface area contributed by atoms with Crippen LogP contribution in [0.1, 0.15) is 29.8 Å². The molecule has 2 aromatic heterocycles. The molecule has 0 saturated carbocycles. The van der Waals surface area contributed by atoms with Gasteiger partial charge >= 0.3 is 0 Å². The third-order valence-corrected chi connectivity index (χ3v) is 3.31. The van der Waals surface area contributed by atoms with Crippen LogP contribution >= 0.6 is 0 Å². The van der Waals surface area contributed by atoms with E-state index in [2.05, 4.69) is 14.9 Å². The number of H-pyrrole nitrogens is 1. The highest BCUT2D eigenvalue weighted by molar-refractivity contribution is 5.71. The van der Waals surface area contributed by atoms with Crippen molar-refractivity contribution < 1.29 is 0 Å². The van der Waals surface area contributed by atoms with Gasteiger partial charge in [0.15, 0.2) is 5.65 Å². The molecule has 0 bridgehead atoms. The van der Waals surface area contributed by atoms with Crippen molar-refractivity contribution in [2.45, 2.75) is 32.6 Å². The third kappa shape index (κ3) is 1.30. The molecule has 0 unspecified atom stereocenters. The van der Waals surface area contributed by atoms with Crippen LogP contribution in [0.25, 0.3) is 10.5 Å². The van der Waals surface area contributed by atoms with E-state index in [0.717, 1.165) is 36.9 Å². The van der Waals surface area contributed by atoms with Gasteiger partial charge in [0.2, 0.25) is 0 Å². The fourth-order valence-electron chi connectivity index (χ4n) is 2.44. The first-order valence-corrected chi connectivity index (χ1v) is 5.73. The number of fused-ring (bicyclic) bond motifs is 2. The minimum absolute atomic E-state index is 0.0392. The number of hydrogen-bond donors (Lipinski definition) is 1. The van der Waals surface area contributed by atoms with Gasteiger partial charge in [-0.3, -0.25) is 4.79 Å². The Morgan fingerprint density at radius 1 is 1.41 bits per heavy atom.